The molecule has 1 unspecified atom stereocenters. The molecule has 0 bridgehead atoms. The zero-order valence-corrected chi connectivity index (χ0v) is 14.0. The molecule has 0 saturated carbocycles. The predicted octanol–water partition coefficient (Wildman–Crippen LogP) is 4.36. The van der Waals surface area contributed by atoms with E-state index in [1.807, 2.05) is 0 Å². The van der Waals surface area contributed by atoms with Gasteiger partial charge in [-0.15, -0.1) is 0 Å². The Morgan fingerprint density at radius 1 is 0.955 bits per heavy atom. The van der Waals surface area contributed by atoms with E-state index >= 15 is 0 Å². The minimum absolute atomic E-state index is 0.585. The van der Waals surface area contributed by atoms with Crippen molar-refractivity contribution < 1.29 is 4.74 Å². The third-order valence-corrected chi connectivity index (χ3v) is 3.98. The molecule has 0 aliphatic carbocycles. The Balaban J connectivity index is 1.92. The molecule has 0 radical (unpaired) electrons. The van der Waals surface area contributed by atoms with Crippen LogP contribution in [0, 0.1) is 0 Å². The van der Waals surface area contributed by atoms with Gasteiger partial charge in [0.2, 0.25) is 0 Å². The Hall–Kier alpha value is -1.80. The summed E-state index contributed by atoms with van der Waals surface area (Å²) in [6, 6.07) is 19.3. The van der Waals surface area contributed by atoms with E-state index in [4.69, 9.17) is 4.74 Å². The van der Waals surface area contributed by atoms with Crippen LogP contribution in [0.2, 0.25) is 0 Å². The van der Waals surface area contributed by atoms with Crippen LogP contribution < -0.4 is 4.74 Å². The number of ether oxygens (including phenoxy) is 1. The molecule has 118 valence electrons. The van der Waals surface area contributed by atoms with Crippen LogP contribution in [0.4, 0.5) is 0 Å². The lowest BCUT2D eigenvalue weighted by Gasteiger charge is -2.16. The Bertz CT molecular complexity index is 533. The minimum atomic E-state index is 0.585. The van der Waals surface area contributed by atoms with Crippen LogP contribution >= 0.6 is 0 Å². The van der Waals surface area contributed by atoms with Gasteiger partial charge in [0.15, 0.2) is 0 Å². The van der Waals surface area contributed by atoms with Gasteiger partial charge in [0.25, 0.3) is 0 Å². The van der Waals surface area contributed by atoms with Gasteiger partial charge >= 0.3 is 0 Å². The maximum absolute atomic E-state index is 5.75. The monoisotopic (exact) mass is 297 g/mol. The highest BCUT2D eigenvalue weighted by atomic mass is 16.5. The quantitative estimate of drug-likeness (QED) is 0.717. The van der Waals surface area contributed by atoms with E-state index < -0.39 is 0 Å². The molecule has 0 aromatic heterocycles. The number of nitrogens with zero attached hydrogens (tertiary/aromatic N) is 1. The second-order valence-electron chi connectivity index (χ2n) is 6.02. The summed E-state index contributed by atoms with van der Waals surface area (Å²) in [7, 11) is 4.11. The molecular weight excluding hydrogens is 270 g/mol. The summed E-state index contributed by atoms with van der Waals surface area (Å²) in [5.74, 6) is 1.54. The number of benzene rings is 2. The number of hydrogen-bond donors (Lipinski definition) is 0. The van der Waals surface area contributed by atoms with E-state index in [0.29, 0.717) is 5.92 Å². The third kappa shape index (κ3) is 5.19. The average Bonchev–Trinajstić information content (AvgIpc) is 2.54. The average molecular weight is 297 g/mol. The normalized spacial score (nSPS) is 12.4. The summed E-state index contributed by atoms with van der Waals surface area (Å²) in [6.07, 6.45) is 2.24. The van der Waals surface area contributed by atoms with Crippen molar-refractivity contribution in [1.29, 1.82) is 0 Å². The second kappa shape index (κ2) is 8.60. The van der Waals surface area contributed by atoms with E-state index in [2.05, 4.69) is 80.5 Å². The molecule has 0 aliphatic heterocycles. The zero-order valence-electron chi connectivity index (χ0n) is 14.0. The molecule has 2 nitrogen and oxygen atoms in total. The summed E-state index contributed by atoms with van der Waals surface area (Å²) in [6.45, 7) is 3.93. The van der Waals surface area contributed by atoms with Gasteiger partial charge in [-0.3, -0.25) is 0 Å². The van der Waals surface area contributed by atoms with Crippen LogP contribution in [-0.2, 0) is 6.42 Å². The van der Waals surface area contributed by atoms with Gasteiger partial charge in [-0.1, -0.05) is 49.4 Å². The van der Waals surface area contributed by atoms with Crippen LogP contribution in [0.15, 0.2) is 54.6 Å². The highest BCUT2D eigenvalue weighted by Crippen LogP contribution is 2.25. The topological polar surface area (TPSA) is 12.5 Å². The number of hydrogen-bond acceptors (Lipinski definition) is 2. The lowest BCUT2D eigenvalue weighted by atomic mass is 9.90. The molecule has 22 heavy (non-hydrogen) atoms. The smallest absolute Gasteiger partial charge is 0.119 e. The lowest BCUT2D eigenvalue weighted by molar-refractivity contribution is 0.261. The Morgan fingerprint density at radius 3 is 2.23 bits per heavy atom. The molecular formula is C20H27NO. The van der Waals surface area contributed by atoms with Crippen molar-refractivity contribution in [3.8, 4) is 5.75 Å². The van der Waals surface area contributed by atoms with E-state index in [-0.39, 0.29) is 0 Å². The highest BCUT2D eigenvalue weighted by molar-refractivity contribution is 5.29. The van der Waals surface area contributed by atoms with Gasteiger partial charge in [0, 0.05) is 6.54 Å². The van der Waals surface area contributed by atoms with Crippen molar-refractivity contribution in [2.45, 2.75) is 25.7 Å². The maximum atomic E-state index is 5.75. The zero-order chi connectivity index (χ0) is 15.8. The molecule has 2 aromatic carbocycles. The van der Waals surface area contributed by atoms with Crippen LogP contribution in [0.1, 0.15) is 30.4 Å². The molecule has 0 amide bonds. The largest absolute Gasteiger partial charge is 0.492 e. The molecule has 0 fully saturated rings. The van der Waals surface area contributed by atoms with Crippen LogP contribution in [-0.4, -0.2) is 32.1 Å². The van der Waals surface area contributed by atoms with E-state index in [1.54, 1.807) is 0 Å². The molecule has 0 spiro atoms. The van der Waals surface area contributed by atoms with Crippen LogP contribution in [0.25, 0.3) is 0 Å². The second-order valence-corrected chi connectivity index (χ2v) is 6.02. The van der Waals surface area contributed by atoms with Gasteiger partial charge < -0.3 is 9.64 Å². The molecule has 1 atom stereocenters. The van der Waals surface area contributed by atoms with E-state index in [1.165, 1.54) is 11.1 Å². The highest BCUT2D eigenvalue weighted by Gasteiger charge is 2.10. The summed E-state index contributed by atoms with van der Waals surface area (Å²) in [4.78, 5) is 2.13. The van der Waals surface area contributed by atoms with Gasteiger partial charge in [-0.2, -0.15) is 0 Å². The first-order valence-corrected chi connectivity index (χ1v) is 8.10. The fourth-order valence-electron chi connectivity index (χ4n) is 2.58. The fourth-order valence-corrected chi connectivity index (χ4v) is 2.58. The molecule has 0 saturated heterocycles. The first-order valence-electron chi connectivity index (χ1n) is 8.10. The van der Waals surface area contributed by atoms with Gasteiger partial charge in [-0.05, 0) is 56.1 Å². The molecule has 2 aromatic rings. The molecule has 2 rings (SSSR count). The molecule has 0 N–H and O–H groups in total. The summed E-state index contributed by atoms with van der Waals surface area (Å²) in [5, 5.41) is 0. The van der Waals surface area contributed by atoms with Crippen LogP contribution in [0.5, 0.6) is 5.75 Å². The fraction of sp³-hybridized carbons (Fsp3) is 0.400. The van der Waals surface area contributed by atoms with E-state index in [0.717, 1.165) is 31.7 Å². The van der Waals surface area contributed by atoms with Gasteiger partial charge in [0.1, 0.15) is 12.4 Å². The predicted molar refractivity (Wildman–Crippen MR) is 93.7 cm³/mol. The lowest BCUT2D eigenvalue weighted by Crippen LogP contribution is -2.19. The number of likely N-dealkylation sites (N-methyl/N-ethyl adjacent to an activating group) is 1. The van der Waals surface area contributed by atoms with Crippen molar-refractivity contribution in [2.24, 2.45) is 0 Å². The van der Waals surface area contributed by atoms with Crippen molar-refractivity contribution in [3.05, 3.63) is 65.7 Å². The van der Waals surface area contributed by atoms with Crippen LogP contribution in [0.3, 0.4) is 0 Å². The van der Waals surface area contributed by atoms with Gasteiger partial charge in [-0.25, -0.2) is 0 Å². The maximum Gasteiger partial charge on any atom is 0.119 e. The molecule has 2 heteroatoms. The van der Waals surface area contributed by atoms with Crippen molar-refractivity contribution in [1.82, 2.24) is 4.90 Å². The van der Waals surface area contributed by atoms with E-state index in [9.17, 15) is 0 Å². The molecule has 0 heterocycles. The third-order valence-electron chi connectivity index (χ3n) is 3.98. The number of rotatable bonds is 8. The Morgan fingerprint density at radius 2 is 1.64 bits per heavy atom. The van der Waals surface area contributed by atoms with Crippen molar-refractivity contribution in [3.63, 3.8) is 0 Å². The molecule has 0 aliphatic rings. The van der Waals surface area contributed by atoms with Crippen molar-refractivity contribution in [2.75, 3.05) is 27.2 Å². The summed E-state index contributed by atoms with van der Waals surface area (Å²) < 4.78 is 5.75. The summed E-state index contributed by atoms with van der Waals surface area (Å²) in [5.41, 5.74) is 2.80. The van der Waals surface area contributed by atoms with Gasteiger partial charge in [0.05, 0.1) is 0 Å². The van der Waals surface area contributed by atoms with Crippen molar-refractivity contribution >= 4 is 0 Å². The summed E-state index contributed by atoms with van der Waals surface area (Å²) >= 11 is 0. The first kappa shape index (κ1) is 16.6. The first-order chi connectivity index (χ1) is 10.7. The Kier molecular flexibility index (Phi) is 6.47. The SMILES string of the molecule is CCC(Cc1ccc(OCCN(C)C)cc1)c1ccccc1. The Labute approximate surface area is 134 Å². The standard InChI is InChI=1S/C20H27NO/c1-4-18(19-8-6-5-7-9-19)16-17-10-12-20(13-11-17)22-15-14-21(2)3/h5-13,18H,4,14-16H2,1-3H3. The minimum Gasteiger partial charge on any atom is -0.492 e.